The Bertz CT molecular complexity index is 1360. The zero-order valence-electron chi connectivity index (χ0n) is 17.3. The minimum atomic E-state index is -2.83. The van der Waals surface area contributed by atoms with Gasteiger partial charge in [0.15, 0.2) is 11.5 Å². The molecule has 0 bridgehead atoms. The zero-order chi connectivity index (χ0) is 23.3. The Morgan fingerprint density at radius 3 is 2.52 bits per heavy atom. The molecule has 10 heteroatoms. The third-order valence-corrected chi connectivity index (χ3v) is 6.10. The molecule has 5 rings (SSSR count). The Kier molecular flexibility index (Phi) is 5.01. The molecule has 7 nitrogen and oxygen atoms in total. The largest absolute Gasteiger partial charge is 0.478 e. The van der Waals surface area contributed by atoms with Crippen LogP contribution in [0.25, 0.3) is 17.3 Å². The van der Waals surface area contributed by atoms with Gasteiger partial charge >= 0.3 is 5.97 Å². The van der Waals surface area contributed by atoms with Crippen LogP contribution in [0.3, 0.4) is 0 Å². The summed E-state index contributed by atoms with van der Waals surface area (Å²) in [5, 5.41) is 18.0. The summed E-state index contributed by atoms with van der Waals surface area (Å²) in [6.45, 7) is 1.95. The molecule has 2 aromatic carbocycles. The highest BCUT2D eigenvalue weighted by molar-refractivity contribution is 6.31. The molecule has 1 N–H and O–H groups in total. The first-order valence-electron chi connectivity index (χ1n) is 10.1. The molecule has 0 aliphatic heterocycles. The number of benzene rings is 2. The summed E-state index contributed by atoms with van der Waals surface area (Å²) in [5.74, 6) is -0.664. The lowest BCUT2D eigenvalue weighted by Gasteiger charge is -2.13. The average Bonchev–Trinajstić information content (AvgIpc) is 3.22. The Morgan fingerprint density at radius 1 is 1.18 bits per heavy atom. The summed E-state index contributed by atoms with van der Waals surface area (Å²) in [7, 11) is 0. The Labute approximate surface area is 191 Å². The molecule has 1 aliphatic rings. The van der Waals surface area contributed by atoms with Gasteiger partial charge in [-0.2, -0.15) is 10.1 Å². The molecule has 0 atom stereocenters. The minimum Gasteiger partial charge on any atom is -0.478 e. The van der Waals surface area contributed by atoms with Crippen molar-refractivity contribution in [1.82, 2.24) is 19.9 Å². The molecule has 2 aromatic heterocycles. The van der Waals surface area contributed by atoms with Crippen molar-refractivity contribution >= 4 is 17.6 Å². The van der Waals surface area contributed by atoms with Crippen molar-refractivity contribution in [3.05, 3.63) is 81.8 Å². The molecule has 0 amide bonds. The van der Waals surface area contributed by atoms with Crippen LogP contribution in [0.5, 0.6) is 0 Å². The van der Waals surface area contributed by atoms with Gasteiger partial charge in [0.2, 0.25) is 0 Å². The van der Waals surface area contributed by atoms with Crippen molar-refractivity contribution in [2.45, 2.75) is 31.6 Å². The van der Waals surface area contributed by atoms with Gasteiger partial charge in [-0.15, -0.1) is 0 Å². The van der Waals surface area contributed by atoms with Crippen LogP contribution in [0.2, 0.25) is 5.02 Å². The normalized spacial score (nSPS) is 14.6. The van der Waals surface area contributed by atoms with Crippen LogP contribution in [0.1, 0.15) is 52.3 Å². The van der Waals surface area contributed by atoms with Crippen LogP contribution in [0.4, 0.5) is 8.78 Å². The van der Waals surface area contributed by atoms with Gasteiger partial charge in [-0.1, -0.05) is 28.9 Å². The molecule has 1 fully saturated rings. The van der Waals surface area contributed by atoms with Crippen molar-refractivity contribution < 1.29 is 23.2 Å². The molecule has 1 aliphatic carbocycles. The highest BCUT2D eigenvalue weighted by Gasteiger charge is 2.51. The Hall–Kier alpha value is -3.59. The lowest BCUT2D eigenvalue weighted by atomic mass is 9.94. The maximum Gasteiger partial charge on any atom is 0.335 e. The minimum absolute atomic E-state index is 0.0160. The van der Waals surface area contributed by atoms with E-state index in [9.17, 15) is 13.6 Å². The molecule has 0 unspecified atom stereocenters. The van der Waals surface area contributed by atoms with E-state index in [1.807, 2.05) is 25.1 Å². The second-order valence-corrected chi connectivity index (χ2v) is 8.41. The number of rotatable bonds is 6. The fraction of sp³-hybridized carbons (Fsp3) is 0.217. The van der Waals surface area contributed by atoms with Gasteiger partial charge in [0, 0.05) is 5.02 Å². The van der Waals surface area contributed by atoms with Crippen molar-refractivity contribution in [1.29, 1.82) is 0 Å². The number of carboxylic acids is 1. The second kappa shape index (κ2) is 7.77. The van der Waals surface area contributed by atoms with Crippen molar-refractivity contribution in [3.8, 4) is 17.3 Å². The highest BCUT2D eigenvalue weighted by Crippen LogP contribution is 2.54. The number of carbonyl (C=O) groups is 1. The molecule has 0 saturated heterocycles. The Morgan fingerprint density at radius 2 is 1.91 bits per heavy atom. The number of aromatic carboxylic acids is 1. The van der Waals surface area contributed by atoms with E-state index >= 15 is 0 Å². The number of hydrogen-bond acceptors (Lipinski definition) is 5. The van der Waals surface area contributed by atoms with Crippen LogP contribution in [-0.4, -0.2) is 31.0 Å². The lowest BCUT2D eigenvalue weighted by molar-refractivity contribution is 0.0697. The quantitative estimate of drug-likeness (QED) is 0.394. The van der Waals surface area contributed by atoms with Crippen LogP contribution in [-0.2, 0) is 5.41 Å². The van der Waals surface area contributed by atoms with Gasteiger partial charge in [-0.05, 0) is 67.3 Å². The van der Waals surface area contributed by atoms with Gasteiger partial charge in [0.1, 0.15) is 5.69 Å². The van der Waals surface area contributed by atoms with E-state index in [0.29, 0.717) is 10.8 Å². The van der Waals surface area contributed by atoms with E-state index in [0.717, 1.165) is 28.7 Å². The molecule has 2 heterocycles. The van der Waals surface area contributed by atoms with Gasteiger partial charge in [0.05, 0.1) is 16.7 Å². The third-order valence-electron chi connectivity index (χ3n) is 5.78. The second-order valence-electron chi connectivity index (χ2n) is 8.01. The van der Waals surface area contributed by atoms with Crippen LogP contribution in [0.15, 0.2) is 53.1 Å². The smallest absolute Gasteiger partial charge is 0.335 e. The predicted octanol–water partition coefficient (Wildman–Crippen LogP) is 5.60. The molecule has 4 aromatic rings. The highest BCUT2D eigenvalue weighted by atomic mass is 35.5. The molecule has 33 heavy (non-hydrogen) atoms. The molecule has 168 valence electrons. The van der Waals surface area contributed by atoms with Crippen LogP contribution in [0, 0.1) is 6.92 Å². The van der Waals surface area contributed by atoms with E-state index < -0.39 is 17.8 Å². The molecular weight excluding hydrogens is 454 g/mol. The van der Waals surface area contributed by atoms with Gasteiger partial charge in [-0.3, -0.25) is 0 Å². The fourth-order valence-corrected chi connectivity index (χ4v) is 4.29. The molecular formula is C23H17ClF2N4O3. The fourth-order valence-electron chi connectivity index (χ4n) is 3.88. The maximum absolute atomic E-state index is 13.7. The first kappa shape index (κ1) is 21.3. The number of aryl methyl sites for hydroxylation is 1. The zero-order valence-corrected chi connectivity index (χ0v) is 18.1. The maximum atomic E-state index is 13.7. The molecule has 0 spiro atoms. The van der Waals surface area contributed by atoms with Gasteiger partial charge < -0.3 is 9.63 Å². The Balaban J connectivity index is 1.51. The first-order valence-corrected chi connectivity index (χ1v) is 10.5. The first-order chi connectivity index (χ1) is 15.8. The summed E-state index contributed by atoms with van der Waals surface area (Å²) in [4.78, 5) is 15.5. The standard InChI is InChI=1S/C23H17ClF2N4O3/c1-12-2-7-15(16(24)10-12)23(8-9-23)22-27-20(33-29-22)17-11-18(19(25)26)30(28-17)14-5-3-13(4-6-14)21(31)32/h2-7,10-11,19H,8-9H2,1H3,(H,31,32). The van der Waals surface area contributed by atoms with E-state index in [1.54, 1.807) is 0 Å². The van der Waals surface area contributed by atoms with Gasteiger partial charge in [0.25, 0.3) is 12.3 Å². The van der Waals surface area contributed by atoms with E-state index in [1.165, 1.54) is 30.3 Å². The van der Waals surface area contributed by atoms with E-state index in [-0.39, 0.29) is 28.5 Å². The molecule has 1 saturated carbocycles. The van der Waals surface area contributed by atoms with Gasteiger partial charge in [-0.25, -0.2) is 18.3 Å². The number of halogens is 3. The summed E-state index contributed by atoms with van der Waals surface area (Å²) in [6, 6.07) is 12.4. The summed E-state index contributed by atoms with van der Waals surface area (Å²) in [5.41, 5.74) is 1.51. The number of nitrogens with zero attached hydrogens (tertiary/aromatic N) is 4. The SMILES string of the molecule is Cc1ccc(C2(c3noc(-c4cc(C(F)F)n(-c5ccc(C(=O)O)cc5)n4)n3)CC2)c(Cl)c1. The predicted molar refractivity (Wildman–Crippen MR) is 115 cm³/mol. The van der Waals surface area contributed by atoms with Crippen molar-refractivity contribution in [2.75, 3.05) is 0 Å². The van der Waals surface area contributed by atoms with E-state index in [4.69, 9.17) is 21.2 Å². The monoisotopic (exact) mass is 470 g/mol. The lowest BCUT2D eigenvalue weighted by Crippen LogP contribution is -2.11. The number of hydrogen-bond donors (Lipinski definition) is 1. The number of aromatic nitrogens is 4. The van der Waals surface area contributed by atoms with Crippen molar-refractivity contribution in [2.24, 2.45) is 0 Å². The third kappa shape index (κ3) is 3.68. The summed E-state index contributed by atoms with van der Waals surface area (Å²) >= 11 is 6.46. The van der Waals surface area contributed by atoms with Crippen molar-refractivity contribution in [3.63, 3.8) is 0 Å². The number of alkyl halides is 2. The average molecular weight is 471 g/mol. The number of carboxylic acid groups (broad SMARTS) is 1. The topological polar surface area (TPSA) is 94.0 Å². The van der Waals surface area contributed by atoms with E-state index in [2.05, 4.69) is 15.2 Å². The summed E-state index contributed by atoms with van der Waals surface area (Å²) in [6.07, 6.45) is -1.24. The molecule has 0 radical (unpaired) electrons. The van der Waals surface area contributed by atoms with Crippen LogP contribution >= 0.6 is 11.6 Å². The summed E-state index contributed by atoms with van der Waals surface area (Å²) < 4.78 is 33.9. The van der Waals surface area contributed by atoms with Crippen LogP contribution < -0.4 is 0 Å².